The minimum absolute atomic E-state index is 0.715. The van der Waals surface area contributed by atoms with Crippen LogP contribution in [0.2, 0.25) is 0 Å². The molecule has 2 aromatic carbocycles. The fraction of sp³-hybridized carbons (Fsp3) is 0.407. The van der Waals surface area contributed by atoms with Gasteiger partial charge in [-0.1, -0.05) is 58.1 Å². The summed E-state index contributed by atoms with van der Waals surface area (Å²) >= 11 is 0. The normalized spacial score (nSPS) is 10.8. The summed E-state index contributed by atoms with van der Waals surface area (Å²) in [7, 11) is 0. The average Bonchev–Trinajstić information content (AvgIpc) is 2.83. The van der Waals surface area contributed by atoms with E-state index in [1.54, 1.807) is 0 Å². The molecule has 0 radical (unpaired) electrons. The fourth-order valence-corrected chi connectivity index (χ4v) is 3.40. The zero-order chi connectivity index (χ0) is 21.7. The Kier molecular flexibility index (Phi) is 9.36. The van der Waals surface area contributed by atoms with Crippen molar-refractivity contribution in [1.29, 1.82) is 0 Å². The van der Waals surface area contributed by atoms with Crippen LogP contribution in [0.1, 0.15) is 58.8 Å². The minimum Gasteiger partial charge on any atom is -0.494 e. The van der Waals surface area contributed by atoms with Crippen molar-refractivity contribution in [1.82, 2.24) is 10.2 Å². The van der Waals surface area contributed by atoms with Gasteiger partial charge in [0, 0.05) is 11.1 Å². The number of unbranched alkanes of at least 4 members (excludes halogenated alkanes) is 5. The first-order valence-electron chi connectivity index (χ1n) is 11.6. The Morgan fingerprint density at radius 1 is 0.581 bits per heavy atom. The topological polar surface area (TPSA) is 44.2 Å². The maximum absolute atomic E-state index is 5.87. The third kappa shape index (κ3) is 7.39. The van der Waals surface area contributed by atoms with E-state index in [9.17, 15) is 0 Å². The molecule has 0 saturated carbocycles. The maximum Gasteiger partial charge on any atom is 0.119 e. The summed E-state index contributed by atoms with van der Waals surface area (Å²) in [5.74, 6) is 1.77. The number of aromatic nitrogens is 2. The number of hydrogen-bond acceptors (Lipinski definition) is 4. The smallest absolute Gasteiger partial charge is 0.119 e. The quantitative estimate of drug-likeness (QED) is 0.272. The summed E-state index contributed by atoms with van der Waals surface area (Å²) in [6.45, 7) is 5.84. The molecule has 0 aliphatic heterocycles. The molecule has 0 N–H and O–H groups in total. The van der Waals surface area contributed by atoms with Crippen LogP contribution in [0, 0.1) is 0 Å². The van der Waals surface area contributed by atoms with Gasteiger partial charge in [-0.05, 0) is 61.4 Å². The molecule has 0 saturated heterocycles. The molecule has 0 amide bonds. The van der Waals surface area contributed by atoms with Crippen molar-refractivity contribution in [2.24, 2.45) is 0 Å². The van der Waals surface area contributed by atoms with Gasteiger partial charge in [-0.25, -0.2) is 0 Å². The van der Waals surface area contributed by atoms with Gasteiger partial charge < -0.3 is 9.47 Å². The van der Waals surface area contributed by atoms with Crippen LogP contribution in [0.4, 0.5) is 0 Å². The van der Waals surface area contributed by atoms with E-state index in [0.717, 1.165) is 53.5 Å². The highest BCUT2D eigenvalue weighted by Gasteiger charge is 2.05. The van der Waals surface area contributed by atoms with Crippen molar-refractivity contribution in [3.63, 3.8) is 0 Å². The van der Waals surface area contributed by atoms with Crippen molar-refractivity contribution in [3.8, 4) is 34.0 Å². The molecular weight excluding hydrogens is 384 g/mol. The lowest BCUT2D eigenvalue weighted by Crippen LogP contribution is -1.97. The zero-order valence-electron chi connectivity index (χ0n) is 18.8. The van der Waals surface area contributed by atoms with Gasteiger partial charge in [0.2, 0.25) is 0 Å². The number of ether oxygens (including phenoxy) is 2. The van der Waals surface area contributed by atoms with Gasteiger partial charge in [-0.15, -0.1) is 10.2 Å². The molecule has 0 bridgehead atoms. The lowest BCUT2D eigenvalue weighted by atomic mass is 10.1. The molecule has 0 aliphatic carbocycles. The Labute approximate surface area is 186 Å². The van der Waals surface area contributed by atoms with E-state index in [4.69, 9.17) is 9.47 Å². The molecule has 4 nitrogen and oxygen atoms in total. The second-order valence-corrected chi connectivity index (χ2v) is 7.82. The molecule has 0 spiro atoms. The van der Waals surface area contributed by atoms with E-state index in [-0.39, 0.29) is 0 Å². The van der Waals surface area contributed by atoms with Gasteiger partial charge in [0.05, 0.1) is 24.6 Å². The van der Waals surface area contributed by atoms with Crippen LogP contribution in [0.25, 0.3) is 22.5 Å². The second kappa shape index (κ2) is 12.7. The first kappa shape index (κ1) is 22.8. The van der Waals surface area contributed by atoms with Crippen LogP contribution in [-0.2, 0) is 0 Å². The highest BCUT2D eigenvalue weighted by Crippen LogP contribution is 2.25. The van der Waals surface area contributed by atoms with Crippen molar-refractivity contribution < 1.29 is 9.47 Å². The van der Waals surface area contributed by atoms with Crippen molar-refractivity contribution >= 4 is 0 Å². The standard InChI is InChI=1S/C27H34N2O2/c1-3-5-6-7-8-9-20-31-24-15-13-22(14-16-24)26-17-18-27(29-28-26)23-11-10-12-25(21-23)30-19-4-2/h10-18,21H,3-9,19-20H2,1-2H3. The Morgan fingerprint density at radius 2 is 1.26 bits per heavy atom. The predicted octanol–water partition coefficient (Wildman–Crippen LogP) is 7.34. The van der Waals surface area contributed by atoms with E-state index in [2.05, 4.69) is 24.0 Å². The van der Waals surface area contributed by atoms with Crippen LogP contribution in [-0.4, -0.2) is 23.4 Å². The summed E-state index contributed by atoms with van der Waals surface area (Å²) in [5, 5.41) is 8.85. The van der Waals surface area contributed by atoms with E-state index in [1.807, 2.05) is 60.7 Å². The van der Waals surface area contributed by atoms with E-state index < -0.39 is 0 Å². The number of hydrogen-bond donors (Lipinski definition) is 0. The molecule has 1 aromatic heterocycles. The summed E-state index contributed by atoms with van der Waals surface area (Å²) in [4.78, 5) is 0. The third-order valence-corrected chi connectivity index (χ3v) is 5.18. The first-order valence-corrected chi connectivity index (χ1v) is 11.6. The van der Waals surface area contributed by atoms with Crippen LogP contribution in [0.5, 0.6) is 11.5 Å². The molecule has 31 heavy (non-hydrogen) atoms. The average molecular weight is 419 g/mol. The monoisotopic (exact) mass is 418 g/mol. The molecule has 3 aromatic rings. The van der Waals surface area contributed by atoms with Gasteiger partial charge in [0.1, 0.15) is 11.5 Å². The predicted molar refractivity (Wildman–Crippen MR) is 128 cm³/mol. The fourth-order valence-electron chi connectivity index (χ4n) is 3.40. The second-order valence-electron chi connectivity index (χ2n) is 7.82. The highest BCUT2D eigenvalue weighted by atomic mass is 16.5. The van der Waals surface area contributed by atoms with Gasteiger partial charge >= 0.3 is 0 Å². The van der Waals surface area contributed by atoms with Crippen LogP contribution in [0.3, 0.4) is 0 Å². The summed E-state index contributed by atoms with van der Waals surface area (Å²) in [6.07, 6.45) is 8.62. The van der Waals surface area contributed by atoms with E-state index in [0.29, 0.717) is 6.61 Å². The van der Waals surface area contributed by atoms with Gasteiger partial charge in [0.15, 0.2) is 0 Å². The Morgan fingerprint density at radius 3 is 1.97 bits per heavy atom. The van der Waals surface area contributed by atoms with Gasteiger partial charge in [-0.3, -0.25) is 0 Å². The van der Waals surface area contributed by atoms with Crippen molar-refractivity contribution in [3.05, 3.63) is 60.7 Å². The van der Waals surface area contributed by atoms with Crippen LogP contribution in [0.15, 0.2) is 60.7 Å². The minimum atomic E-state index is 0.715. The van der Waals surface area contributed by atoms with Crippen molar-refractivity contribution in [2.75, 3.05) is 13.2 Å². The number of benzene rings is 2. The third-order valence-electron chi connectivity index (χ3n) is 5.18. The first-order chi connectivity index (χ1) is 15.3. The summed E-state index contributed by atoms with van der Waals surface area (Å²) in [5.41, 5.74) is 3.73. The Balaban J connectivity index is 1.53. The number of rotatable bonds is 13. The molecule has 0 fully saturated rings. The Hall–Kier alpha value is -2.88. The molecule has 1 heterocycles. The zero-order valence-corrected chi connectivity index (χ0v) is 18.8. The molecular formula is C27H34N2O2. The van der Waals surface area contributed by atoms with Crippen molar-refractivity contribution in [2.45, 2.75) is 58.8 Å². The summed E-state index contributed by atoms with van der Waals surface area (Å²) < 4.78 is 11.6. The SMILES string of the molecule is CCCCCCCCOc1ccc(-c2ccc(-c3cccc(OCCC)c3)nn2)cc1. The molecule has 0 aliphatic rings. The van der Waals surface area contributed by atoms with Gasteiger partial charge in [-0.2, -0.15) is 0 Å². The molecule has 4 heteroatoms. The molecule has 0 unspecified atom stereocenters. The molecule has 164 valence electrons. The lowest BCUT2D eigenvalue weighted by Gasteiger charge is -2.08. The van der Waals surface area contributed by atoms with Gasteiger partial charge in [0.25, 0.3) is 0 Å². The highest BCUT2D eigenvalue weighted by molar-refractivity contribution is 5.65. The van der Waals surface area contributed by atoms with E-state index in [1.165, 1.54) is 32.1 Å². The lowest BCUT2D eigenvalue weighted by molar-refractivity contribution is 0.304. The Bertz CT molecular complexity index is 892. The van der Waals surface area contributed by atoms with Crippen LogP contribution >= 0.6 is 0 Å². The number of nitrogens with zero attached hydrogens (tertiary/aromatic N) is 2. The van der Waals surface area contributed by atoms with Crippen LogP contribution < -0.4 is 9.47 Å². The molecule has 0 atom stereocenters. The largest absolute Gasteiger partial charge is 0.494 e. The van der Waals surface area contributed by atoms with E-state index >= 15 is 0 Å². The molecule has 3 rings (SSSR count). The maximum atomic E-state index is 5.87. The summed E-state index contributed by atoms with van der Waals surface area (Å²) in [6, 6.07) is 20.1.